The average molecular weight is 299 g/mol. The number of halogens is 1. The van der Waals surface area contributed by atoms with Crippen molar-refractivity contribution in [3.8, 4) is 11.3 Å². The van der Waals surface area contributed by atoms with E-state index in [-0.39, 0.29) is 11.7 Å². The third kappa shape index (κ3) is 2.95. The molecule has 104 valence electrons. The van der Waals surface area contributed by atoms with Gasteiger partial charge in [-0.3, -0.25) is 4.79 Å². The topological polar surface area (TPSA) is 54.9 Å². The molecule has 0 aliphatic heterocycles. The molecule has 1 aromatic heterocycles. The van der Waals surface area contributed by atoms with Crippen molar-refractivity contribution in [2.45, 2.75) is 0 Å². The first-order chi connectivity index (χ1) is 10.2. The highest BCUT2D eigenvalue weighted by Gasteiger charge is 2.17. The molecule has 3 aromatic rings. The van der Waals surface area contributed by atoms with Crippen molar-refractivity contribution in [1.29, 1.82) is 0 Å². The summed E-state index contributed by atoms with van der Waals surface area (Å²) in [5, 5.41) is 6.75. The van der Waals surface area contributed by atoms with Crippen LogP contribution in [-0.4, -0.2) is 15.5 Å². The number of nitrogens with zero attached hydrogens (tertiary/aromatic N) is 2. The molecular formula is C15H10FN3OS. The van der Waals surface area contributed by atoms with Crippen molar-refractivity contribution in [2.75, 3.05) is 5.32 Å². The molecule has 1 N–H and O–H groups in total. The van der Waals surface area contributed by atoms with E-state index < -0.39 is 0 Å². The van der Waals surface area contributed by atoms with E-state index in [0.29, 0.717) is 21.8 Å². The highest BCUT2D eigenvalue weighted by Crippen LogP contribution is 2.25. The average Bonchev–Trinajstić information content (AvgIpc) is 2.98. The lowest BCUT2D eigenvalue weighted by Gasteiger charge is -2.04. The normalized spacial score (nSPS) is 10.3. The Kier molecular flexibility index (Phi) is 3.70. The largest absolute Gasteiger partial charge is 0.321 e. The summed E-state index contributed by atoms with van der Waals surface area (Å²) >= 11 is 1.01. The highest BCUT2D eigenvalue weighted by molar-refractivity contribution is 7.08. The maximum atomic E-state index is 13.0. The summed E-state index contributed by atoms with van der Waals surface area (Å²) < 4.78 is 16.8. The van der Waals surface area contributed by atoms with Crippen molar-refractivity contribution in [2.24, 2.45) is 0 Å². The van der Waals surface area contributed by atoms with Crippen LogP contribution in [0.3, 0.4) is 0 Å². The summed E-state index contributed by atoms with van der Waals surface area (Å²) in [5.74, 6) is -0.618. The lowest BCUT2D eigenvalue weighted by atomic mass is 10.1. The van der Waals surface area contributed by atoms with Gasteiger partial charge in [0.15, 0.2) is 0 Å². The molecule has 21 heavy (non-hydrogen) atoms. The first-order valence-corrected chi connectivity index (χ1v) is 6.96. The fourth-order valence-electron chi connectivity index (χ4n) is 1.85. The van der Waals surface area contributed by atoms with E-state index >= 15 is 0 Å². The van der Waals surface area contributed by atoms with Crippen molar-refractivity contribution in [3.05, 3.63) is 65.3 Å². The Morgan fingerprint density at radius 1 is 1.05 bits per heavy atom. The summed E-state index contributed by atoms with van der Waals surface area (Å²) in [5.41, 5.74) is 1.80. The molecule has 0 unspecified atom stereocenters. The molecule has 4 nitrogen and oxygen atoms in total. The van der Waals surface area contributed by atoms with Gasteiger partial charge in [0.1, 0.15) is 16.4 Å². The molecule has 0 spiro atoms. The van der Waals surface area contributed by atoms with E-state index in [9.17, 15) is 9.18 Å². The molecule has 1 amide bonds. The Morgan fingerprint density at radius 3 is 2.48 bits per heavy atom. The van der Waals surface area contributed by atoms with Crippen molar-refractivity contribution in [1.82, 2.24) is 9.59 Å². The maximum absolute atomic E-state index is 13.0. The van der Waals surface area contributed by atoms with Gasteiger partial charge in [0.2, 0.25) is 0 Å². The number of carbonyl (C=O) groups is 1. The van der Waals surface area contributed by atoms with Crippen LogP contribution in [0.1, 0.15) is 9.67 Å². The molecule has 3 rings (SSSR count). The summed E-state index contributed by atoms with van der Waals surface area (Å²) in [6, 6.07) is 14.9. The SMILES string of the molecule is O=C(Nc1ccccc1)c1snnc1-c1ccc(F)cc1. The van der Waals surface area contributed by atoms with Gasteiger partial charge >= 0.3 is 0 Å². The molecule has 0 saturated heterocycles. The Hall–Kier alpha value is -2.60. The van der Waals surface area contributed by atoms with Crippen LogP contribution in [0.15, 0.2) is 54.6 Å². The first kappa shape index (κ1) is 13.4. The zero-order valence-electron chi connectivity index (χ0n) is 10.8. The van der Waals surface area contributed by atoms with E-state index in [1.807, 2.05) is 18.2 Å². The zero-order chi connectivity index (χ0) is 14.7. The zero-order valence-corrected chi connectivity index (χ0v) is 11.6. The van der Waals surface area contributed by atoms with Gasteiger partial charge in [-0.15, -0.1) is 5.10 Å². The Morgan fingerprint density at radius 2 is 1.76 bits per heavy atom. The second-order valence-electron chi connectivity index (χ2n) is 4.28. The Bertz CT molecular complexity index is 756. The minimum Gasteiger partial charge on any atom is -0.321 e. The predicted octanol–water partition coefficient (Wildman–Crippen LogP) is 3.60. The number of para-hydroxylation sites is 1. The predicted molar refractivity (Wildman–Crippen MR) is 79.7 cm³/mol. The Balaban J connectivity index is 1.88. The molecule has 6 heteroatoms. The molecule has 2 aromatic carbocycles. The van der Waals surface area contributed by atoms with E-state index in [1.165, 1.54) is 12.1 Å². The molecule has 0 fully saturated rings. The lowest BCUT2D eigenvalue weighted by Crippen LogP contribution is -2.11. The summed E-state index contributed by atoms with van der Waals surface area (Å²) in [6.07, 6.45) is 0. The number of benzene rings is 2. The number of amides is 1. The van der Waals surface area contributed by atoms with Crippen LogP contribution in [-0.2, 0) is 0 Å². The van der Waals surface area contributed by atoms with E-state index in [4.69, 9.17) is 0 Å². The minimum atomic E-state index is -0.336. The lowest BCUT2D eigenvalue weighted by molar-refractivity contribution is 0.103. The van der Waals surface area contributed by atoms with E-state index in [2.05, 4.69) is 14.9 Å². The molecule has 0 aliphatic carbocycles. The van der Waals surface area contributed by atoms with Crippen molar-refractivity contribution < 1.29 is 9.18 Å². The monoisotopic (exact) mass is 299 g/mol. The highest BCUT2D eigenvalue weighted by atomic mass is 32.1. The smallest absolute Gasteiger partial charge is 0.269 e. The quantitative estimate of drug-likeness (QED) is 0.804. The molecule has 0 atom stereocenters. The van der Waals surface area contributed by atoms with Crippen LogP contribution < -0.4 is 5.32 Å². The molecule has 0 bridgehead atoms. The number of nitrogens with one attached hydrogen (secondary N) is 1. The number of aromatic nitrogens is 2. The maximum Gasteiger partial charge on any atom is 0.269 e. The van der Waals surface area contributed by atoms with Gasteiger partial charge in [0.25, 0.3) is 5.91 Å². The van der Waals surface area contributed by atoms with Crippen LogP contribution in [0.4, 0.5) is 10.1 Å². The van der Waals surface area contributed by atoms with Crippen LogP contribution in [0, 0.1) is 5.82 Å². The van der Waals surface area contributed by atoms with Crippen molar-refractivity contribution >= 4 is 23.1 Å². The fraction of sp³-hybridized carbons (Fsp3) is 0. The van der Waals surface area contributed by atoms with Crippen LogP contribution in [0.5, 0.6) is 0 Å². The number of rotatable bonds is 3. The molecule has 0 saturated carbocycles. The summed E-state index contributed by atoms with van der Waals surface area (Å²) in [6.45, 7) is 0. The van der Waals surface area contributed by atoms with Gasteiger partial charge in [-0.1, -0.05) is 22.7 Å². The first-order valence-electron chi connectivity index (χ1n) is 6.19. The second-order valence-corrected chi connectivity index (χ2v) is 5.03. The number of hydrogen-bond donors (Lipinski definition) is 1. The number of carbonyl (C=O) groups excluding carboxylic acids is 1. The fourth-order valence-corrected chi connectivity index (χ4v) is 2.43. The van der Waals surface area contributed by atoms with Crippen LogP contribution >= 0.6 is 11.5 Å². The van der Waals surface area contributed by atoms with Crippen molar-refractivity contribution in [3.63, 3.8) is 0 Å². The molecule has 0 radical (unpaired) electrons. The van der Waals surface area contributed by atoms with Gasteiger partial charge in [0, 0.05) is 11.3 Å². The molecule has 0 aliphatic rings. The van der Waals surface area contributed by atoms with Crippen LogP contribution in [0.2, 0.25) is 0 Å². The number of anilines is 1. The van der Waals surface area contributed by atoms with Crippen LogP contribution in [0.25, 0.3) is 11.3 Å². The Labute approximate surface area is 124 Å². The molecule has 1 heterocycles. The number of hydrogen-bond acceptors (Lipinski definition) is 4. The third-order valence-corrected chi connectivity index (χ3v) is 3.57. The standard InChI is InChI=1S/C15H10FN3OS/c16-11-8-6-10(7-9-11)13-14(21-19-18-13)15(20)17-12-4-2-1-3-5-12/h1-9H,(H,17,20). The van der Waals surface area contributed by atoms with E-state index in [1.54, 1.807) is 24.3 Å². The molecular weight excluding hydrogens is 289 g/mol. The minimum absolute atomic E-state index is 0.282. The van der Waals surface area contributed by atoms with Gasteiger partial charge in [0.05, 0.1) is 0 Å². The van der Waals surface area contributed by atoms with Gasteiger partial charge < -0.3 is 5.32 Å². The van der Waals surface area contributed by atoms with Gasteiger partial charge in [-0.05, 0) is 47.9 Å². The van der Waals surface area contributed by atoms with Gasteiger partial charge in [-0.2, -0.15) is 0 Å². The third-order valence-electron chi connectivity index (χ3n) is 2.84. The summed E-state index contributed by atoms with van der Waals surface area (Å²) in [4.78, 5) is 12.7. The van der Waals surface area contributed by atoms with E-state index in [0.717, 1.165) is 11.5 Å². The van der Waals surface area contributed by atoms with Gasteiger partial charge in [-0.25, -0.2) is 4.39 Å². The summed E-state index contributed by atoms with van der Waals surface area (Å²) in [7, 11) is 0. The second kappa shape index (κ2) is 5.80.